The minimum absolute atomic E-state index is 0.153. The summed E-state index contributed by atoms with van der Waals surface area (Å²) in [5, 5.41) is 0.719. The van der Waals surface area contributed by atoms with Gasteiger partial charge in [-0.2, -0.15) is 0 Å². The average molecular weight is 511 g/mol. The number of carbonyl (C=O) groups is 1. The highest BCUT2D eigenvalue weighted by atomic mass is 79.9. The van der Waals surface area contributed by atoms with Crippen molar-refractivity contribution >= 4 is 32.9 Å². The molecule has 0 saturated heterocycles. The second-order valence-electron chi connectivity index (χ2n) is 7.59. The van der Waals surface area contributed by atoms with E-state index in [0.717, 1.165) is 22.2 Å². The molecule has 0 aromatic heterocycles. The Hall–Kier alpha value is -3.12. The van der Waals surface area contributed by atoms with Crippen LogP contribution in [0.5, 0.6) is 17.2 Å². The molecule has 1 aliphatic carbocycles. The summed E-state index contributed by atoms with van der Waals surface area (Å²) in [6.07, 6.45) is 1.20. The van der Waals surface area contributed by atoms with Gasteiger partial charge in [-0.1, -0.05) is 34.1 Å². The Balaban J connectivity index is 1.86. The van der Waals surface area contributed by atoms with Gasteiger partial charge >= 0.3 is 0 Å². The predicted molar refractivity (Wildman–Crippen MR) is 131 cm³/mol. The van der Waals surface area contributed by atoms with Gasteiger partial charge in [0.2, 0.25) is 0 Å². The van der Waals surface area contributed by atoms with Crippen molar-refractivity contribution in [3.63, 3.8) is 0 Å². The molecule has 4 rings (SSSR count). The van der Waals surface area contributed by atoms with Crippen LogP contribution in [0.1, 0.15) is 33.5 Å². The maximum atomic E-state index is 15.3. The molecule has 0 spiro atoms. The number of carbonyl (C=O) groups excluding carboxylic acids is 1. The highest BCUT2D eigenvalue weighted by Gasteiger charge is 2.28. The third-order valence-corrected chi connectivity index (χ3v) is 6.05. The van der Waals surface area contributed by atoms with E-state index in [2.05, 4.69) is 15.9 Å². The third-order valence-electron chi connectivity index (χ3n) is 5.73. The van der Waals surface area contributed by atoms with E-state index in [1.54, 1.807) is 49.6 Å². The van der Waals surface area contributed by atoms with Gasteiger partial charge in [0.1, 0.15) is 11.5 Å². The molecule has 0 bridgehead atoms. The van der Waals surface area contributed by atoms with Gasteiger partial charge < -0.3 is 14.2 Å². The van der Waals surface area contributed by atoms with Crippen molar-refractivity contribution in [3.05, 3.63) is 88.7 Å². The summed E-state index contributed by atoms with van der Waals surface area (Å²) in [5.41, 5.74) is 3.87. The van der Waals surface area contributed by atoms with E-state index in [1.807, 2.05) is 18.2 Å². The number of Topliss-reactive ketones (excluding diaryl/α,β-unsaturated/α-hetero) is 1. The summed E-state index contributed by atoms with van der Waals surface area (Å²) in [6.45, 7) is 0.535. The molecule has 0 saturated carbocycles. The van der Waals surface area contributed by atoms with E-state index >= 15 is 4.39 Å². The van der Waals surface area contributed by atoms with Crippen LogP contribution in [0.2, 0.25) is 0 Å². The number of rotatable bonds is 8. The van der Waals surface area contributed by atoms with Crippen molar-refractivity contribution in [3.8, 4) is 17.2 Å². The van der Waals surface area contributed by atoms with Crippen LogP contribution in [0.3, 0.4) is 0 Å². The normalized spacial score (nSPS) is 12.8. The molecule has 4 nitrogen and oxygen atoms in total. The van der Waals surface area contributed by atoms with Crippen LogP contribution in [0, 0.1) is 5.82 Å². The quantitative estimate of drug-likeness (QED) is 0.261. The number of fused-ring (bicyclic) bond motifs is 1. The van der Waals surface area contributed by atoms with Gasteiger partial charge in [0.25, 0.3) is 0 Å². The van der Waals surface area contributed by atoms with Gasteiger partial charge in [-0.3, -0.25) is 4.79 Å². The highest BCUT2D eigenvalue weighted by Crippen LogP contribution is 2.41. The molecule has 0 atom stereocenters. The monoisotopic (exact) mass is 510 g/mol. The smallest absolute Gasteiger partial charge is 0.193 e. The summed E-state index contributed by atoms with van der Waals surface area (Å²) >= 11 is 3.33. The van der Waals surface area contributed by atoms with Crippen molar-refractivity contribution in [1.29, 1.82) is 0 Å². The molecule has 0 aliphatic heterocycles. The van der Waals surface area contributed by atoms with E-state index in [-0.39, 0.29) is 11.5 Å². The molecule has 0 heterocycles. The number of hydrogen-bond acceptors (Lipinski definition) is 4. The van der Waals surface area contributed by atoms with Crippen molar-refractivity contribution in [1.82, 2.24) is 0 Å². The van der Waals surface area contributed by atoms with Gasteiger partial charge in [0.05, 0.1) is 20.8 Å². The molecule has 1 aliphatic rings. The number of hydrogen-bond donors (Lipinski definition) is 0. The first kappa shape index (κ1) is 23.1. The van der Waals surface area contributed by atoms with E-state index in [9.17, 15) is 4.79 Å². The summed E-state index contributed by atoms with van der Waals surface area (Å²) in [6, 6.07) is 17.7. The molecule has 0 N–H and O–H groups in total. The third kappa shape index (κ3) is 4.67. The Morgan fingerprint density at radius 1 is 0.939 bits per heavy atom. The minimum Gasteiger partial charge on any atom is -0.497 e. The van der Waals surface area contributed by atoms with Gasteiger partial charge in [-0.15, -0.1) is 0 Å². The van der Waals surface area contributed by atoms with Crippen LogP contribution >= 0.6 is 15.9 Å². The number of allylic oxidation sites excluding steroid dienone is 2. The minimum atomic E-state index is -0.462. The highest BCUT2D eigenvalue weighted by molar-refractivity contribution is 9.09. The first-order chi connectivity index (χ1) is 16.1. The lowest BCUT2D eigenvalue weighted by atomic mass is 9.79. The second-order valence-corrected chi connectivity index (χ2v) is 8.38. The van der Waals surface area contributed by atoms with Crippen LogP contribution < -0.4 is 14.2 Å². The summed E-state index contributed by atoms with van der Waals surface area (Å²) < 4.78 is 31.4. The van der Waals surface area contributed by atoms with Gasteiger partial charge in [-0.25, -0.2) is 4.39 Å². The molecule has 0 amide bonds. The number of benzene rings is 3. The fourth-order valence-electron chi connectivity index (χ4n) is 4.13. The number of ketones is 1. The SMILES string of the molecule is COc1ccc2c(c1)CCC(c1cccc(OC)c1F)=C2C(=O)c1ccc(OCCBr)cc1. The van der Waals surface area contributed by atoms with Crippen molar-refractivity contribution < 1.29 is 23.4 Å². The van der Waals surface area contributed by atoms with Gasteiger partial charge in [0, 0.05) is 22.0 Å². The van der Waals surface area contributed by atoms with Crippen molar-refractivity contribution in [2.24, 2.45) is 0 Å². The molecule has 0 radical (unpaired) electrons. The Morgan fingerprint density at radius 2 is 1.70 bits per heavy atom. The van der Waals surface area contributed by atoms with E-state index in [0.29, 0.717) is 47.5 Å². The number of ether oxygens (including phenoxy) is 3. The second kappa shape index (κ2) is 10.2. The zero-order valence-electron chi connectivity index (χ0n) is 18.5. The lowest BCUT2D eigenvalue weighted by molar-refractivity contribution is 0.105. The molecule has 0 fully saturated rings. The summed E-state index contributed by atoms with van der Waals surface area (Å²) in [4.78, 5) is 13.8. The fourth-order valence-corrected chi connectivity index (χ4v) is 4.29. The molecule has 33 heavy (non-hydrogen) atoms. The van der Waals surface area contributed by atoms with Crippen LogP contribution in [0.15, 0.2) is 60.7 Å². The Labute approximate surface area is 201 Å². The topological polar surface area (TPSA) is 44.8 Å². The molecule has 170 valence electrons. The van der Waals surface area contributed by atoms with E-state index < -0.39 is 5.82 Å². The number of methoxy groups -OCH3 is 2. The molecule has 0 unspecified atom stereocenters. The van der Waals surface area contributed by atoms with Gasteiger partial charge in [0.15, 0.2) is 17.3 Å². The first-order valence-electron chi connectivity index (χ1n) is 10.6. The lowest BCUT2D eigenvalue weighted by Crippen LogP contribution is -2.13. The molecular weight excluding hydrogens is 487 g/mol. The number of alkyl halides is 1. The summed E-state index contributed by atoms with van der Waals surface area (Å²) in [5.74, 6) is 0.944. The Kier molecular flexibility index (Phi) is 7.14. The Bertz CT molecular complexity index is 1200. The van der Waals surface area contributed by atoms with E-state index in [1.165, 1.54) is 7.11 Å². The molecule has 3 aromatic carbocycles. The van der Waals surface area contributed by atoms with Crippen molar-refractivity contribution in [2.45, 2.75) is 12.8 Å². The average Bonchev–Trinajstić information content (AvgIpc) is 2.86. The van der Waals surface area contributed by atoms with Crippen LogP contribution in [-0.2, 0) is 6.42 Å². The largest absolute Gasteiger partial charge is 0.497 e. The maximum absolute atomic E-state index is 15.3. The molecule has 6 heteroatoms. The van der Waals surface area contributed by atoms with E-state index in [4.69, 9.17) is 14.2 Å². The number of halogens is 2. The van der Waals surface area contributed by atoms with Gasteiger partial charge in [-0.05, 0) is 72.0 Å². The molecular formula is C27H24BrFO4. The molecule has 3 aromatic rings. The van der Waals surface area contributed by atoms with Crippen LogP contribution in [0.25, 0.3) is 11.1 Å². The first-order valence-corrected chi connectivity index (χ1v) is 11.8. The van der Waals surface area contributed by atoms with Crippen LogP contribution in [-0.4, -0.2) is 31.9 Å². The zero-order valence-corrected chi connectivity index (χ0v) is 20.1. The standard InChI is InChI=1S/C27H24BrFO4/c1-31-20-11-13-21-18(16-20)8-12-22(23-4-3-5-24(32-2)26(23)29)25(21)27(30)17-6-9-19(10-7-17)33-15-14-28/h3-7,9-11,13,16H,8,12,14-15H2,1-2H3. The lowest BCUT2D eigenvalue weighted by Gasteiger charge is -2.24. The number of aryl methyl sites for hydroxylation is 1. The summed E-state index contributed by atoms with van der Waals surface area (Å²) in [7, 11) is 3.05. The zero-order chi connectivity index (χ0) is 23.4. The predicted octanol–water partition coefficient (Wildman–Crippen LogP) is 6.36. The Morgan fingerprint density at radius 3 is 2.39 bits per heavy atom. The maximum Gasteiger partial charge on any atom is 0.193 e. The van der Waals surface area contributed by atoms with Crippen molar-refractivity contribution in [2.75, 3.05) is 26.2 Å². The van der Waals surface area contributed by atoms with Crippen LogP contribution in [0.4, 0.5) is 4.39 Å². The fraction of sp³-hybridized carbons (Fsp3) is 0.222.